The number of rotatable bonds is 6. The molecule has 3 aromatic rings. The summed E-state index contributed by atoms with van der Waals surface area (Å²) in [7, 11) is 0. The van der Waals surface area contributed by atoms with Crippen molar-refractivity contribution in [3.63, 3.8) is 0 Å². The Bertz CT molecular complexity index is 991. The zero-order valence-corrected chi connectivity index (χ0v) is 16.8. The van der Waals surface area contributed by atoms with E-state index >= 15 is 0 Å². The van der Waals surface area contributed by atoms with Crippen molar-refractivity contribution in [1.82, 2.24) is 19.4 Å². The first-order valence-electron chi connectivity index (χ1n) is 9.30. The van der Waals surface area contributed by atoms with E-state index < -0.39 is 0 Å². The molecule has 0 unspecified atom stereocenters. The molecule has 0 atom stereocenters. The van der Waals surface area contributed by atoms with Crippen molar-refractivity contribution in [1.29, 1.82) is 0 Å². The van der Waals surface area contributed by atoms with Crippen molar-refractivity contribution in [2.75, 3.05) is 19.7 Å². The molecule has 0 spiro atoms. The fraction of sp³-hybridized carbons (Fsp3) is 0.450. The van der Waals surface area contributed by atoms with Gasteiger partial charge in [-0.3, -0.25) is 4.79 Å². The number of amides is 1. The largest absolute Gasteiger partial charge is 0.474 e. The summed E-state index contributed by atoms with van der Waals surface area (Å²) in [5.41, 5.74) is 4.49. The SMILES string of the molecule is Cc1nc(Cn2c(C)c(C)c3ccnc(OCCN4CCCC4=O)c32)cs1. The van der Waals surface area contributed by atoms with Gasteiger partial charge in [0.1, 0.15) is 12.1 Å². The molecule has 0 saturated carbocycles. The van der Waals surface area contributed by atoms with Crippen molar-refractivity contribution in [2.45, 2.75) is 40.2 Å². The molecule has 1 aliphatic rings. The third-order valence-corrected chi connectivity index (χ3v) is 6.09. The normalized spacial score (nSPS) is 14.5. The summed E-state index contributed by atoms with van der Waals surface area (Å²) in [4.78, 5) is 22.7. The van der Waals surface area contributed by atoms with Crippen LogP contribution < -0.4 is 4.74 Å². The molecule has 6 nitrogen and oxygen atoms in total. The minimum absolute atomic E-state index is 0.221. The van der Waals surface area contributed by atoms with Crippen LogP contribution in [0.3, 0.4) is 0 Å². The van der Waals surface area contributed by atoms with Gasteiger partial charge in [0.25, 0.3) is 0 Å². The molecular formula is C20H24N4O2S. The second-order valence-corrected chi connectivity index (χ2v) is 8.06. The first-order valence-corrected chi connectivity index (χ1v) is 10.2. The summed E-state index contributed by atoms with van der Waals surface area (Å²) in [5, 5.41) is 4.33. The number of hydrogen-bond acceptors (Lipinski definition) is 5. The lowest BCUT2D eigenvalue weighted by Crippen LogP contribution is -2.29. The number of carbonyl (C=O) groups excluding carboxylic acids is 1. The Morgan fingerprint density at radius 2 is 2.15 bits per heavy atom. The molecule has 4 heterocycles. The number of likely N-dealkylation sites (tertiary alicyclic amines) is 1. The van der Waals surface area contributed by atoms with Crippen LogP contribution in [0.2, 0.25) is 0 Å². The van der Waals surface area contributed by atoms with E-state index in [0.29, 0.717) is 32.0 Å². The summed E-state index contributed by atoms with van der Waals surface area (Å²) in [6, 6.07) is 2.04. The van der Waals surface area contributed by atoms with Crippen LogP contribution in [0.1, 0.15) is 34.8 Å². The predicted octanol–water partition coefficient (Wildman–Crippen LogP) is 3.47. The highest BCUT2D eigenvalue weighted by Crippen LogP contribution is 2.31. The lowest BCUT2D eigenvalue weighted by molar-refractivity contribution is -0.128. The van der Waals surface area contributed by atoms with E-state index in [9.17, 15) is 4.79 Å². The maximum absolute atomic E-state index is 11.8. The third-order valence-electron chi connectivity index (χ3n) is 5.27. The monoisotopic (exact) mass is 384 g/mol. The molecule has 0 bridgehead atoms. The fourth-order valence-electron chi connectivity index (χ4n) is 3.70. The predicted molar refractivity (Wildman–Crippen MR) is 106 cm³/mol. The van der Waals surface area contributed by atoms with Crippen molar-refractivity contribution in [3.05, 3.63) is 39.6 Å². The van der Waals surface area contributed by atoms with Crippen LogP contribution in [0.5, 0.6) is 5.88 Å². The number of fused-ring (bicyclic) bond motifs is 1. The summed E-state index contributed by atoms with van der Waals surface area (Å²) in [5.74, 6) is 0.848. The fourth-order valence-corrected chi connectivity index (χ4v) is 4.31. The van der Waals surface area contributed by atoms with E-state index in [1.165, 1.54) is 11.3 Å². The highest BCUT2D eigenvalue weighted by molar-refractivity contribution is 7.09. The van der Waals surface area contributed by atoms with Crippen molar-refractivity contribution in [3.8, 4) is 5.88 Å². The van der Waals surface area contributed by atoms with Gasteiger partial charge in [0.2, 0.25) is 11.8 Å². The number of aryl methyl sites for hydroxylation is 2. The Hall–Kier alpha value is -2.41. The van der Waals surface area contributed by atoms with Gasteiger partial charge in [-0.05, 0) is 38.8 Å². The van der Waals surface area contributed by atoms with Gasteiger partial charge in [0.05, 0.1) is 23.8 Å². The summed E-state index contributed by atoms with van der Waals surface area (Å²) >= 11 is 1.67. The second kappa shape index (κ2) is 7.31. The van der Waals surface area contributed by atoms with Crippen LogP contribution in [0.25, 0.3) is 10.9 Å². The molecule has 1 saturated heterocycles. The molecule has 7 heteroatoms. The molecule has 0 aromatic carbocycles. The van der Waals surface area contributed by atoms with E-state index in [4.69, 9.17) is 4.74 Å². The topological polar surface area (TPSA) is 60.2 Å². The van der Waals surface area contributed by atoms with Gasteiger partial charge >= 0.3 is 0 Å². The molecule has 0 aliphatic carbocycles. The van der Waals surface area contributed by atoms with Gasteiger partial charge in [0, 0.05) is 35.6 Å². The molecule has 3 aromatic heterocycles. The number of thiazole rings is 1. The number of ether oxygens (including phenoxy) is 1. The van der Waals surface area contributed by atoms with Crippen molar-refractivity contribution < 1.29 is 9.53 Å². The minimum Gasteiger partial charge on any atom is -0.474 e. The average molecular weight is 385 g/mol. The van der Waals surface area contributed by atoms with Gasteiger partial charge in [-0.1, -0.05) is 0 Å². The van der Waals surface area contributed by atoms with Gasteiger partial charge in [-0.15, -0.1) is 11.3 Å². The molecule has 142 valence electrons. The minimum atomic E-state index is 0.221. The van der Waals surface area contributed by atoms with Crippen LogP contribution in [-0.2, 0) is 11.3 Å². The number of hydrogen-bond donors (Lipinski definition) is 0. The van der Waals surface area contributed by atoms with E-state index in [1.54, 1.807) is 17.5 Å². The standard InChI is InChI=1S/C20H24N4O2S/c1-13-14(2)24(11-16-12-27-15(3)22-16)19-17(13)6-7-21-20(19)26-10-9-23-8-4-5-18(23)25/h6-7,12H,4-5,8-11H2,1-3H3. The Balaban J connectivity index is 1.62. The smallest absolute Gasteiger partial charge is 0.238 e. The third kappa shape index (κ3) is 3.43. The van der Waals surface area contributed by atoms with Crippen LogP contribution in [0.15, 0.2) is 17.6 Å². The van der Waals surface area contributed by atoms with Crippen LogP contribution in [-0.4, -0.2) is 45.0 Å². The highest BCUT2D eigenvalue weighted by Gasteiger charge is 2.21. The zero-order valence-electron chi connectivity index (χ0n) is 16.0. The van der Waals surface area contributed by atoms with Crippen LogP contribution in [0, 0.1) is 20.8 Å². The zero-order chi connectivity index (χ0) is 19.0. The lowest BCUT2D eigenvalue weighted by Gasteiger charge is -2.16. The highest BCUT2D eigenvalue weighted by atomic mass is 32.1. The Kier molecular flexibility index (Phi) is 4.86. The molecular weight excluding hydrogens is 360 g/mol. The van der Waals surface area contributed by atoms with Crippen molar-refractivity contribution >= 4 is 28.1 Å². The molecule has 27 heavy (non-hydrogen) atoms. The lowest BCUT2D eigenvalue weighted by atomic mass is 10.2. The maximum Gasteiger partial charge on any atom is 0.238 e. The van der Waals surface area contributed by atoms with Gasteiger partial charge in [-0.2, -0.15) is 0 Å². The summed E-state index contributed by atoms with van der Waals surface area (Å²) < 4.78 is 8.28. The quantitative estimate of drug-likeness (QED) is 0.653. The number of nitrogens with zero attached hydrogens (tertiary/aromatic N) is 4. The molecule has 4 rings (SSSR count). The Morgan fingerprint density at radius 3 is 2.85 bits per heavy atom. The van der Waals surface area contributed by atoms with Crippen LogP contribution >= 0.6 is 11.3 Å². The summed E-state index contributed by atoms with van der Waals surface area (Å²) in [6.45, 7) is 8.88. The van der Waals surface area contributed by atoms with Gasteiger partial charge in [-0.25, -0.2) is 9.97 Å². The van der Waals surface area contributed by atoms with E-state index in [2.05, 4.69) is 33.8 Å². The first-order chi connectivity index (χ1) is 13.0. The Morgan fingerprint density at radius 1 is 1.30 bits per heavy atom. The molecule has 1 amide bonds. The summed E-state index contributed by atoms with van der Waals surface area (Å²) in [6.07, 6.45) is 3.39. The Labute approximate surface area is 162 Å². The van der Waals surface area contributed by atoms with E-state index in [-0.39, 0.29) is 5.91 Å². The second-order valence-electron chi connectivity index (χ2n) is 7.00. The molecule has 0 N–H and O–H groups in total. The van der Waals surface area contributed by atoms with Gasteiger partial charge in [0.15, 0.2) is 0 Å². The van der Waals surface area contributed by atoms with Crippen molar-refractivity contribution in [2.24, 2.45) is 0 Å². The average Bonchev–Trinajstić information content (AvgIpc) is 3.32. The van der Waals surface area contributed by atoms with Gasteiger partial charge < -0.3 is 14.2 Å². The first kappa shape index (κ1) is 18.0. The molecule has 0 radical (unpaired) electrons. The van der Waals surface area contributed by atoms with E-state index in [1.807, 2.05) is 17.9 Å². The number of pyridine rings is 1. The van der Waals surface area contributed by atoms with E-state index in [0.717, 1.165) is 34.6 Å². The van der Waals surface area contributed by atoms with Crippen LogP contribution in [0.4, 0.5) is 0 Å². The molecule has 1 fully saturated rings. The number of aromatic nitrogens is 3. The molecule has 1 aliphatic heterocycles. The maximum atomic E-state index is 11.8. The number of carbonyl (C=O) groups is 1.